The van der Waals surface area contributed by atoms with Gasteiger partial charge in [-0.3, -0.25) is 9.59 Å². The molecule has 0 radical (unpaired) electrons. The van der Waals surface area contributed by atoms with E-state index < -0.39 is 0 Å². The molecule has 4 rings (SSSR count). The van der Waals surface area contributed by atoms with Crippen molar-refractivity contribution >= 4 is 23.2 Å². The molecular formula is C22H25FN2O2S. The van der Waals surface area contributed by atoms with Gasteiger partial charge in [-0.1, -0.05) is 18.2 Å². The van der Waals surface area contributed by atoms with Gasteiger partial charge in [-0.25, -0.2) is 4.39 Å². The predicted octanol–water partition coefficient (Wildman–Crippen LogP) is 3.51. The standard InChI is InChI=1S/C22H25FN2O2S/c23-18-4-1-3-16(13-18)8-11-25-20-9-10-24(15-17(20)6-7-21(25)26)22(27)14-19-5-2-12-28-19/h1-5,12-13,17,20H,6-11,14-15H2/t17-,20+/m1/s1. The van der Waals surface area contributed by atoms with Crippen molar-refractivity contribution in [3.05, 3.63) is 58.0 Å². The molecule has 2 aliphatic rings. The third kappa shape index (κ3) is 4.27. The molecule has 3 heterocycles. The normalized spacial score (nSPS) is 22.2. The number of likely N-dealkylation sites (tertiary alicyclic amines) is 2. The number of amides is 2. The molecule has 0 spiro atoms. The minimum absolute atomic E-state index is 0.184. The van der Waals surface area contributed by atoms with Crippen LogP contribution in [0.1, 0.15) is 29.7 Å². The Labute approximate surface area is 169 Å². The fourth-order valence-corrected chi connectivity index (χ4v) is 5.18. The van der Waals surface area contributed by atoms with Gasteiger partial charge in [0, 0.05) is 37.0 Å². The zero-order valence-corrected chi connectivity index (χ0v) is 16.7. The summed E-state index contributed by atoms with van der Waals surface area (Å²) >= 11 is 1.62. The molecule has 0 saturated carbocycles. The van der Waals surface area contributed by atoms with Gasteiger partial charge in [0.25, 0.3) is 0 Å². The van der Waals surface area contributed by atoms with Gasteiger partial charge in [0.2, 0.25) is 11.8 Å². The van der Waals surface area contributed by atoms with Crippen LogP contribution in [-0.4, -0.2) is 47.3 Å². The zero-order chi connectivity index (χ0) is 19.5. The molecule has 6 heteroatoms. The average Bonchev–Trinajstić information content (AvgIpc) is 3.20. The van der Waals surface area contributed by atoms with E-state index >= 15 is 0 Å². The molecule has 0 N–H and O–H groups in total. The highest BCUT2D eigenvalue weighted by molar-refractivity contribution is 7.10. The minimum Gasteiger partial charge on any atom is -0.342 e. The van der Waals surface area contributed by atoms with E-state index in [4.69, 9.17) is 0 Å². The number of carbonyl (C=O) groups excluding carboxylic acids is 2. The summed E-state index contributed by atoms with van der Waals surface area (Å²) in [5, 5.41) is 2.00. The number of hydrogen-bond acceptors (Lipinski definition) is 3. The molecule has 148 valence electrons. The lowest BCUT2D eigenvalue weighted by Gasteiger charge is -2.47. The van der Waals surface area contributed by atoms with Gasteiger partial charge in [-0.2, -0.15) is 0 Å². The number of benzene rings is 1. The number of fused-ring (bicyclic) bond motifs is 1. The van der Waals surface area contributed by atoms with Crippen molar-refractivity contribution in [2.75, 3.05) is 19.6 Å². The number of hydrogen-bond donors (Lipinski definition) is 0. The van der Waals surface area contributed by atoms with Crippen molar-refractivity contribution < 1.29 is 14.0 Å². The lowest BCUT2D eigenvalue weighted by Crippen LogP contribution is -2.57. The van der Waals surface area contributed by atoms with E-state index in [1.54, 1.807) is 17.4 Å². The van der Waals surface area contributed by atoms with Crippen LogP contribution in [0.15, 0.2) is 41.8 Å². The van der Waals surface area contributed by atoms with Gasteiger partial charge in [0.1, 0.15) is 5.82 Å². The summed E-state index contributed by atoms with van der Waals surface area (Å²) in [5.74, 6) is 0.476. The topological polar surface area (TPSA) is 40.6 Å². The number of halogens is 1. The van der Waals surface area contributed by atoms with Gasteiger partial charge < -0.3 is 9.80 Å². The molecule has 2 amide bonds. The Morgan fingerprint density at radius 1 is 1.21 bits per heavy atom. The summed E-state index contributed by atoms with van der Waals surface area (Å²) in [5.41, 5.74) is 0.915. The van der Waals surface area contributed by atoms with E-state index in [2.05, 4.69) is 0 Å². The SMILES string of the molecule is O=C(Cc1cccs1)N1CC[C@H]2[C@H](CCC(=O)N2CCc2cccc(F)c2)C1. The molecule has 2 fully saturated rings. The largest absolute Gasteiger partial charge is 0.342 e. The van der Waals surface area contributed by atoms with Crippen molar-refractivity contribution in [1.82, 2.24) is 9.80 Å². The molecule has 2 aliphatic heterocycles. The van der Waals surface area contributed by atoms with Crippen LogP contribution in [0.5, 0.6) is 0 Å². The fourth-order valence-electron chi connectivity index (χ4n) is 4.48. The maximum atomic E-state index is 13.4. The van der Waals surface area contributed by atoms with Gasteiger partial charge in [0.15, 0.2) is 0 Å². The van der Waals surface area contributed by atoms with E-state index in [0.29, 0.717) is 38.3 Å². The number of rotatable bonds is 5. The molecule has 2 saturated heterocycles. The van der Waals surface area contributed by atoms with Gasteiger partial charge in [-0.05, 0) is 54.3 Å². The van der Waals surface area contributed by atoms with Crippen molar-refractivity contribution in [3.63, 3.8) is 0 Å². The van der Waals surface area contributed by atoms with Crippen molar-refractivity contribution in [3.8, 4) is 0 Å². The summed E-state index contributed by atoms with van der Waals surface area (Å²) < 4.78 is 13.4. The Bertz CT molecular complexity index is 839. The van der Waals surface area contributed by atoms with Crippen molar-refractivity contribution in [2.24, 2.45) is 5.92 Å². The number of nitrogens with zero attached hydrogens (tertiary/aromatic N) is 2. The van der Waals surface area contributed by atoms with Gasteiger partial charge >= 0.3 is 0 Å². The van der Waals surface area contributed by atoms with E-state index in [1.165, 1.54) is 12.1 Å². The third-order valence-corrected chi connectivity index (χ3v) is 6.81. The van der Waals surface area contributed by atoms with Crippen LogP contribution in [0.25, 0.3) is 0 Å². The summed E-state index contributed by atoms with van der Waals surface area (Å²) in [4.78, 5) is 30.2. The van der Waals surface area contributed by atoms with Crippen molar-refractivity contribution in [1.29, 1.82) is 0 Å². The molecule has 0 unspecified atom stereocenters. The molecule has 1 aromatic heterocycles. The Kier molecular flexibility index (Phi) is 5.76. The summed E-state index contributed by atoms with van der Waals surface area (Å²) in [6.45, 7) is 2.06. The van der Waals surface area contributed by atoms with Gasteiger partial charge in [0.05, 0.1) is 6.42 Å². The maximum absolute atomic E-state index is 13.4. The molecule has 2 aromatic rings. The number of piperidine rings is 2. The molecule has 4 nitrogen and oxygen atoms in total. The summed E-state index contributed by atoms with van der Waals surface area (Å²) in [6, 6.07) is 10.8. The molecule has 0 aliphatic carbocycles. The fraction of sp³-hybridized carbons (Fsp3) is 0.455. The van der Waals surface area contributed by atoms with Crippen LogP contribution in [0, 0.1) is 11.7 Å². The van der Waals surface area contributed by atoms with Gasteiger partial charge in [-0.15, -0.1) is 11.3 Å². The van der Waals surface area contributed by atoms with Crippen LogP contribution in [-0.2, 0) is 22.4 Å². The first-order valence-corrected chi connectivity index (χ1v) is 10.8. The van der Waals surface area contributed by atoms with E-state index in [9.17, 15) is 14.0 Å². The van der Waals surface area contributed by atoms with Crippen molar-refractivity contribution in [2.45, 2.75) is 38.1 Å². The smallest absolute Gasteiger partial charge is 0.227 e. The first kappa shape index (κ1) is 19.1. The second-order valence-electron chi connectivity index (χ2n) is 7.72. The average molecular weight is 401 g/mol. The van der Waals surface area contributed by atoms with E-state index in [1.807, 2.05) is 33.4 Å². The van der Waals surface area contributed by atoms with Crippen LogP contribution >= 0.6 is 11.3 Å². The van der Waals surface area contributed by atoms with E-state index in [0.717, 1.165) is 29.8 Å². The highest BCUT2D eigenvalue weighted by Crippen LogP contribution is 2.32. The second-order valence-corrected chi connectivity index (χ2v) is 8.75. The molecule has 1 aromatic carbocycles. The molecule has 2 atom stereocenters. The quantitative estimate of drug-likeness (QED) is 0.771. The molecule has 0 bridgehead atoms. The van der Waals surface area contributed by atoms with Crippen LogP contribution < -0.4 is 0 Å². The zero-order valence-electron chi connectivity index (χ0n) is 15.9. The number of thiophene rings is 1. The molecular weight excluding hydrogens is 375 g/mol. The minimum atomic E-state index is -0.238. The highest BCUT2D eigenvalue weighted by Gasteiger charge is 2.40. The van der Waals surface area contributed by atoms with Crippen LogP contribution in [0.2, 0.25) is 0 Å². The highest BCUT2D eigenvalue weighted by atomic mass is 32.1. The Morgan fingerprint density at radius 3 is 2.89 bits per heavy atom. The van der Waals surface area contributed by atoms with E-state index in [-0.39, 0.29) is 23.7 Å². The second kappa shape index (κ2) is 8.43. The molecule has 28 heavy (non-hydrogen) atoms. The Morgan fingerprint density at radius 2 is 2.11 bits per heavy atom. The third-order valence-electron chi connectivity index (χ3n) is 5.93. The maximum Gasteiger partial charge on any atom is 0.227 e. The van der Waals surface area contributed by atoms with Crippen LogP contribution in [0.3, 0.4) is 0 Å². The number of carbonyl (C=O) groups is 2. The monoisotopic (exact) mass is 400 g/mol. The predicted molar refractivity (Wildman–Crippen MR) is 108 cm³/mol. The lowest BCUT2D eigenvalue weighted by atomic mass is 9.83. The Balaban J connectivity index is 1.37. The Hall–Kier alpha value is -2.21. The summed E-state index contributed by atoms with van der Waals surface area (Å²) in [6.07, 6.45) is 3.35. The van der Waals surface area contributed by atoms with Crippen LogP contribution in [0.4, 0.5) is 4.39 Å². The first-order valence-electron chi connectivity index (χ1n) is 9.94. The first-order chi connectivity index (χ1) is 13.6. The lowest BCUT2D eigenvalue weighted by molar-refractivity contribution is -0.143. The summed E-state index contributed by atoms with van der Waals surface area (Å²) in [7, 11) is 0.